The quantitative estimate of drug-likeness (QED) is 0.723. The van der Waals surface area contributed by atoms with E-state index in [0.29, 0.717) is 5.54 Å². The molecule has 0 bridgehead atoms. The van der Waals surface area contributed by atoms with Crippen molar-refractivity contribution < 1.29 is 0 Å². The minimum Gasteiger partial charge on any atom is -0.311 e. The first kappa shape index (κ1) is 10.4. The molecule has 14 heavy (non-hydrogen) atoms. The van der Waals surface area contributed by atoms with Crippen LogP contribution in [-0.2, 0) is 0 Å². The van der Waals surface area contributed by atoms with Crippen molar-refractivity contribution in [3.63, 3.8) is 0 Å². The van der Waals surface area contributed by atoms with Gasteiger partial charge in [0.15, 0.2) is 0 Å². The highest BCUT2D eigenvalue weighted by molar-refractivity contribution is 5.03. The topological polar surface area (TPSA) is 15.3 Å². The van der Waals surface area contributed by atoms with Crippen LogP contribution in [0.25, 0.3) is 0 Å². The Kier molecular flexibility index (Phi) is 2.85. The van der Waals surface area contributed by atoms with Crippen LogP contribution in [0.1, 0.15) is 33.1 Å². The third-order valence-corrected chi connectivity index (χ3v) is 4.37. The third kappa shape index (κ3) is 1.59. The molecule has 2 heteroatoms. The molecule has 0 aromatic carbocycles. The highest BCUT2D eigenvalue weighted by Gasteiger charge is 2.45. The second-order valence-electron chi connectivity index (χ2n) is 5.47. The summed E-state index contributed by atoms with van der Waals surface area (Å²) in [5.41, 5.74) is 0.463. The second kappa shape index (κ2) is 3.82. The molecule has 2 aliphatic heterocycles. The minimum atomic E-state index is 0.463. The van der Waals surface area contributed by atoms with E-state index in [0.717, 1.165) is 11.8 Å². The zero-order valence-corrected chi connectivity index (χ0v) is 9.84. The molecule has 0 aliphatic carbocycles. The fourth-order valence-corrected chi connectivity index (χ4v) is 3.46. The molecule has 0 spiro atoms. The highest BCUT2D eigenvalue weighted by Crippen LogP contribution is 2.39. The molecule has 2 fully saturated rings. The molecular weight excluding hydrogens is 172 g/mol. The molecular formula is C12H24N2. The maximum Gasteiger partial charge on any atom is 0.0245 e. The van der Waals surface area contributed by atoms with Gasteiger partial charge in [-0.3, -0.25) is 0 Å². The number of rotatable bonds is 2. The normalized spacial score (nSPS) is 39.9. The lowest BCUT2D eigenvalue weighted by Crippen LogP contribution is -2.51. The molecule has 1 N–H and O–H groups in total. The van der Waals surface area contributed by atoms with Gasteiger partial charge in [0.05, 0.1) is 0 Å². The fraction of sp³-hybridized carbons (Fsp3) is 1.00. The van der Waals surface area contributed by atoms with E-state index in [4.69, 9.17) is 0 Å². The molecule has 2 rings (SSSR count). The smallest absolute Gasteiger partial charge is 0.0245 e. The highest BCUT2D eigenvalue weighted by atomic mass is 15.1. The van der Waals surface area contributed by atoms with Crippen molar-refractivity contribution in [3.8, 4) is 0 Å². The van der Waals surface area contributed by atoms with Gasteiger partial charge in [-0.05, 0) is 51.2 Å². The first-order valence-corrected chi connectivity index (χ1v) is 6.09. The first-order valence-electron chi connectivity index (χ1n) is 6.09. The molecule has 0 aromatic heterocycles. The van der Waals surface area contributed by atoms with Gasteiger partial charge in [0.2, 0.25) is 0 Å². The van der Waals surface area contributed by atoms with Gasteiger partial charge in [-0.2, -0.15) is 0 Å². The predicted molar refractivity (Wildman–Crippen MR) is 60.4 cm³/mol. The Hall–Kier alpha value is -0.0800. The van der Waals surface area contributed by atoms with Crippen LogP contribution in [0.2, 0.25) is 0 Å². The summed E-state index contributed by atoms with van der Waals surface area (Å²) in [7, 11) is 2.25. The Morgan fingerprint density at radius 2 is 2.21 bits per heavy atom. The molecule has 2 unspecified atom stereocenters. The van der Waals surface area contributed by atoms with Crippen molar-refractivity contribution in [1.29, 1.82) is 0 Å². The van der Waals surface area contributed by atoms with Crippen molar-refractivity contribution in [2.45, 2.75) is 38.6 Å². The lowest BCUT2D eigenvalue weighted by molar-refractivity contribution is 0.170. The first-order chi connectivity index (χ1) is 6.65. The molecule has 0 saturated carbocycles. The summed E-state index contributed by atoms with van der Waals surface area (Å²) >= 11 is 0. The van der Waals surface area contributed by atoms with E-state index in [-0.39, 0.29) is 0 Å². The molecule has 2 aliphatic rings. The molecule has 0 radical (unpaired) electrons. The second-order valence-corrected chi connectivity index (χ2v) is 5.47. The van der Waals surface area contributed by atoms with Gasteiger partial charge in [-0.15, -0.1) is 0 Å². The Labute approximate surface area is 88.1 Å². The number of nitrogens with zero attached hydrogens (tertiary/aromatic N) is 1. The summed E-state index contributed by atoms with van der Waals surface area (Å²) < 4.78 is 0. The number of hydrogen-bond acceptors (Lipinski definition) is 2. The Balaban J connectivity index is 2.10. The summed E-state index contributed by atoms with van der Waals surface area (Å²) in [5, 5.41) is 3.81. The zero-order chi connectivity index (χ0) is 10.2. The summed E-state index contributed by atoms with van der Waals surface area (Å²) in [6.45, 7) is 8.59. The van der Waals surface area contributed by atoms with Crippen molar-refractivity contribution in [2.75, 3.05) is 26.7 Å². The Morgan fingerprint density at radius 3 is 2.64 bits per heavy atom. The predicted octanol–water partition coefficient (Wildman–Crippen LogP) is 1.72. The van der Waals surface area contributed by atoms with Crippen LogP contribution in [0.3, 0.4) is 0 Å². The van der Waals surface area contributed by atoms with Gasteiger partial charge in [-0.1, -0.05) is 13.8 Å². The van der Waals surface area contributed by atoms with Crippen LogP contribution >= 0.6 is 0 Å². The van der Waals surface area contributed by atoms with Crippen molar-refractivity contribution in [3.05, 3.63) is 0 Å². The molecule has 2 saturated heterocycles. The summed E-state index contributed by atoms with van der Waals surface area (Å²) in [6.07, 6.45) is 4.16. The largest absolute Gasteiger partial charge is 0.311 e. The van der Waals surface area contributed by atoms with Gasteiger partial charge >= 0.3 is 0 Å². The Bertz CT molecular complexity index is 194. The van der Waals surface area contributed by atoms with Crippen molar-refractivity contribution in [2.24, 2.45) is 11.8 Å². The molecule has 82 valence electrons. The van der Waals surface area contributed by atoms with E-state index < -0.39 is 0 Å². The molecule has 2 heterocycles. The van der Waals surface area contributed by atoms with E-state index in [1.165, 1.54) is 38.9 Å². The fourth-order valence-electron chi connectivity index (χ4n) is 3.46. The van der Waals surface area contributed by atoms with E-state index in [2.05, 4.69) is 31.1 Å². The number of likely N-dealkylation sites (tertiary alicyclic amines) is 1. The van der Waals surface area contributed by atoms with E-state index >= 15 is 0 Å². The number of hydrogen-bond donors (Lipinski definition) is 1. The standard InChI is InChI=1S/C12H24N2/c1-10(2)12(6-4-7-13-12)11-5-8-14(3)9-11/h10-11,13H,4-9H2,1-3H3. The van der Waals surface area contributed by atoms with E-state index in [1.54, 1.807) is 0 Å². The van der Waals surface area contributed by atoms with Crippen molar-refractivity contribution >= 4 is 0 Å². The maximum absolute atomic E-state index is 3.81. The van der Waals surface area contributed by atoms with Crippen LogP contribution in [0, 0.1) is 11.8 Å². The molecule has 2 atom stereocenters. The number of nitrogens with one attached hydrogen (secondary N) is 1. The van der Waals surface area contributed by atoms with Crippen LogP contribution in [0.15, 0.2) is 0 Å². The van der Waals surface area contributed by atoms with Gasteiger partial charge in [0.1, 0.15) is 0 Å². The lowest BCUT2D eigenvalue weighted by Gasteiger charge is -2.39. The van der Waals surface area contributed by atoms with Crippen LogP contribution in [-0.4, -0.2) is 37.1 Å². The zero-order valence-electron chi connectivity index (χ0n) is 9.84. The van der Waals surface area contributed by atoms with Gasteiger partial charge in [0.25, 0.3) is 0 Å². The summed E-state index contributed by atoms with van der Waals surface area (Å²) in [6, 6.07) is 0. The molecule has 0 amide bonds. The maximum atomic E-state index is 3.81. The van der Waals surface area contributed by atoms with E-state index in [1.807, 2.05) is 0 Å². The minimum absolute atomic E-state index is 0.463. The Morgan fingerprint density at radius 1 is 1.43 bits per heavy atom. The van der Waals surface area contributed by atoms with Crippen LogP contribution < -0.4 is 5.32 Å². The summed E-state index contributed by atoms with van der Waals surface area (Å²) in [5.74, 6) is 1.66. The molecule has 2 nitrogen and oxygen atoms in total. The van der Waals surface area contributed by atoms with E-state index in [9.17, 15) is 0 Å². The van der Waals surface area contributed by atoms with Crippen LogP contribution in [0.4, 0.5) is 0 Å². The van der Waals surface area contributed by atoms with Crippen molar-refractivity contribution in [1.82, 2.24) is 10.2 Å². The van der Waals surface area contributed by atoms with Gasteiger partial charge in [0, 0.05) is 12.1 Å². The average molecular weight is 196 g/mol. The van der Waals surface area contributed by atoms with Gasteiger partial charge < -0.3 is 10.2 Å². The third-order valence-electron chi connectivity index (χ3n) is 4.37. The summed E-state index contributed by atoms with van der Waals surface area (Å²) in [4.78, 5) is 2.48. The lowest BCUT2D eigenvalue weighted by atomic mass is 9.74. The average Bonchev–Trinajstić information content (AvgIpc) is 2.71. The SMILES string of the molecule is CC(C)C1(C2CCN(C)C2)CCCN1. The monoisotopic (exact) mass is 196 g/mol. The van der Waals surface area contributed by atoms with Crippen LogP contribution in [0.5, 0.6) is 0 Å². The molecule has 0 aromatic rings. The van der Waals surface area contributed by atoms with Gasteiger partial charge in [-0.25, -0.2) is 0 Å².